The van der Waals surface area contributed by atoms with E-state index in [2.05, 4.69) is 20.5 Å². The van der Waals surface area contributed by atoms with Crippen molar-refractivity contribution in [3.8, 4) is 5.69 Å². The van der Waals surface area contributed by atoms with Crippen molar-refractivity contribution in [2.45, 2.75) is 0 Å². The van der Waals surface area contributed by atoms with Crippen LogP contribution in [0.15, 0.2) is 30.9 Å². The van der Waals surface area contributed by atoms with E-state index in [1.807, 2.05) is 6.07 Å². The monoisotopic (exact) mass is 147 g/mol. The van der Waals surface area contributed by atoms with E-state index in [0.29, 0.717) is 0 Å². The Morgan fingerprint density at radius 2 is 2.09 bits per heavy atom. The second-order valence-corrected chi connectivity index (χ2v) is 1.95. The first-order valence-corrected chi connectivity index (χ1v) is 3.10. The van der Waals surface area contributed by atoms with Gasteiger partial charge in [-0.25, -0.2) is 4.68 Å². The molecule has 0 aliphatic heterocycles. The molecule has 0 amide bonds. The Kier molecular flexibility index (Phi) is 1.33. The SMILES string of the molecule is c1cc(-n2ccnn2)cnn1. The van der Waals surface area contributed by atoms with Crippen LogP contribution in [0.25, 0.3) is 5.69 Å². The van der Waals surface area contributed by atoms with Gasteiger partial charge in [0.2, 0.25) is 0 Å². The Balaban J connectivity index is 2.46. The smallest absolute Gasteiger partial charge is 0.0880 e. The van der Waals surface area contributed by atoms with E-state index >= 15 is 0 Å². The summed E-state index contributed by atoms with van der Waals surface area (Å²) in [5.41, 5.74) is 0.859. The van der Waals surface area contributed by atoms with Crippen LogP contribution >= 0.6 is 0 Å². The van der Waals surface area contributed by atoms with E-state index in [-0.39, 0.29) is 0 Å². The Hall–Kier alpha value is -1.78. The fourth-order valence-corrected chi connectivity index (χ4v) is 0.765. The number of hydrogen-bond donors (Lipinski definition) is 0. The molecule has 11 heavy (non-hydrogen) atoms. The number of aromatic nitrogens is 5. The predicted molar refractivity (Wildman–Crippen MR) is 36.9 cm³/mol. The van der Waals surface area contributed by atoms with Gasteiger partial charge in [0.1, 0.15) is 0 Å². The minimum Gasteiger partial charge on any atom is -0.219 e. The van der Waals surface area contributed by atoms with Crippen LogP contribution in [-0.4, -0.2) is 25.2 Å². The van der Waals surface area contributed by atoms with Crippen molar-refractivity contribution in [2.24, 2.45) is 0 Å². The molecule has 0 aliphatic rings. The first kappa shape index (κ1) is 5.96. The zero-order valence-corrected chi connectivity index (χ0v) is 5.62. The molecular formula is C6H5N5. The number of nitrogens with zero attached hydrogens (tertiary/aromatic N) is 5. The van der Waals surface area contributed by atoms with E-state index in [4.69, 9.17) is 0 Å². The Bertz CT molecular complexity index is 314. The lowest BCUT2D eigenvalue weighted by Gasteiger charge is -1.94. The van der Waals surface area contributed by atoms with Crippen LogP contribution in [-0.2, 0) is 0 Å². The minimum atomic E-state index is 0.859. The molecule has 5 heteroatoms. The molecule has 5 nitrogen and oxygen atoms in total. The lowest BCUT2D eigenvalue weighted by molar-refractivity contribution is 0.793. The summed E-state index contributed by atoms with van der Waals surface area (Å²) >= 11 is 0. The van der Waals surface area contributed by atoms with Crippen LogP contribution in [0.4, 0.5) is 0 Å². The van der Waals surface area contributed by atoms with Crippen molar-refractivity contribution >= 4 is 0 Å². The normalized spacial score (nSPS) is 9.82. The standard InChI is InChI=1S/C6H5N5/c1-2-7-9-5-6(1)11-4-3-8-10-11/h1-5H. The van der Waals surface area contributed by atoms with Crippen molar-refractivity contribution in [2.75, 3.05) is 0 Å². The maximum atomic E-state index is 3.79. The Labute approximate surface area is 62.7 Å². The van der Waals surface area contributed by atoms with Gasteiger partial charge in [-0.1, -0.05) is 5.21 Å². The van der Waals surface area contributed by atoms with Gasteiger partial charge in [0.15, 0.2) is 0 Å². The molecular weight excluding hydrogens is 142 g/mol. The quantitative estimate of drug-likeness (QED) is 0.572. The molecule has 0 fully saturated rings. The van der Waals surface area contributed by atoms with Gasteiger partial charge in [-0.2, -0.15) is 10.2 Å². The first-order chi connectivity index (χ1) is 5.47. The summed E-state index contributed by atoms with van der Waals surface area (Å²) in [7, 11) is 0. The zero-order valence-electron chi connectivity index (χ0n) is 5.62. The van der Waals surface area contributed by atoms with E-state index in [1.165, 1.54) is 0 Å². The maximum Gasteiger partial charge on any atom is 0.0880 e. The highest BCUT2D eigenvalue weighted by Crippen LogP contribution is 1.98. The molecule has 0 radical (unpaired) electrons. The minimum absolute atomic E-state index is 0.859. The van der Waals surface area contributed by atoms with Gasteiger partial charge in [-0.15, -0.1) is 5.10 Å². The molecule has 0 aliphatic carbocycles. The molecule has 0 bridgehead atoms. The Morgan fingerprint density at radius 3 is 2.73 bits per heavy atom. The third-order valence-corrected chi connectivity index (χ3v) is 1.26. The van der Waals surface area contributed by atoms with Crippen LogP contribution in [0, 0.1) is 0 Å². The number of hydrogen-bond acceptors (Lipinski definition) is 4. The van der Waals surface area contributed by atoms with Gasteiger partial charge in [-0.3, -0.25) is 0 Å². The number of rotatable bonds is 1. The summed E-state index contributed by atoms with van der Waals surface area (Å²) < 4.78 is 1.62. The van der Waals surface area contributed by atoms with Gasteiger partial charge in [0.05, 0.1) is 30.5 Å². The summed E-state index contributed by atoms with van der Waals surface area (Å²) in [6.45, 7) is 0. The Morgan fingerprint density at radius 1 is 1.09 bits per heavy atom. The molecule has 0 saturated carbocycles. The molecule has 2 aromatic rings. The molecule has 0 atom stereocenters. The fourth-order valence-electron chi connectivity index (χ4n) is 0.765. The second kappa shape index (κ2) is 2.45. The highest BCUT2D eigenvalue weighted by atomic mass is 15.4. The van der Waals surface area contributed by atoms with Crippen LogP contribution in [0.5, 0.6) is 0 Å². The summed E-state index contributed by atoms with van der Waals surface area (Å²) in [5.74, 6) is 0. The van der Waals surface area contributed by atoms with Gasteiger partial charge in [0, 0.05) is 0 Å². The molecule has 0 spiro atoms. The predicted octanol–water partition coefficient (Wildman–Crippen LogP) is 0.0573. The molecule has 0 saturated heterocycles. The van der Waals surface area contributed by atoms with E-state index < -0.39 is 0 Å². The molecule has 0 aromatic carbocycles. The average Bonchev–Trinajstić information content (AvgIpc) is 2.58. The van der Waals surface area contributed by atoms with Crippen LogP contribution < -0.4 is 0 Å². The van der Waals surface area contributed by atoms with Crippen molar-refractivity contribution in [1.82, 2.24) is 25.2 Å². The van der Waals surface area contributed by atoms with E-state index in [9.17, 15) is 0 Å². The molecule has 0 unspecified atom stereocenters. The van der Waals surface area contributed by atoms with Gasteiger partial charge in [0.25, 0.3) is 0 Å². The lowest BCUT2D eigenvalue weighted by atomic mass is 10.5. The van der Waals surface area contributed by atoms with Crippen LogP contribution in [0.3, 0.4) is 0 Å². The van der Waals surface area contributed by atoms with Crippen LogP contribution in [0.1, 0.15) is 0 Å². The molecule has 54 valence electrons. The van der Waals surface area contributed by atoms with E-state index in [1.54, 1.807) is 29.5 Å². The summed E-state index contributed by atoms with van der Waals surface area (Å²) in [4.78, 5) is 0. The van der Waals surface area contributed by atoms with E-state index in [0.717, 1.165) is 5.69 Å². The van der Waals surface area contributed by atoms with Crippen LogP contribution in [0.2, 0.25) is 0 Å². The summed E-state index contributed by atoms with van der Waals surface area (Å²) in [6, 6.07) is 1.81. The third kappa shape index (κ3) is 1.07. The lowest BCUT2D eigenvalue weighted by Crippen LogP contribution is -1.95. The van der Waals surface area contributed by atoms with Crippen molar-refractivity contribution in [3.05, 3.63) is 30.9 Å². The largest absolute Gasteiger partial charge is 0.219 e. The molecule has 0 N–H and O–H groups in total. The van der Waals surface area contributed by atoms with Gasteiger partial charge >= 0.3 is 0 Å². The third-order valence-electron chi connectivity index (χ3n) is 1.26. The van der Waals surface area contributed by atoms with Crippen molar-refractivity contribution in [3.63, 3.8) is 0 Å². The zero-order chi connectivity index (χ0) is 7.52. The topological polar surface area (TPSA) is 56.5 Å². The van der Waals surface area contributed by atoms with Crippen molar-refractivity contribution in [1.29, 1.82) is 0 Å². The summed E-state index contributed by atoms with van der Waals surface area (Å²) in [5, 5.41) is 14.8. The van der Waals surface area contributed by atoms with Gasteiger partial charge in [-0.05, 0) is 6.07 Å². The first-order valence-electron chi connectivity index (χ1n) is 3.10. The average molecular weight is 147 g/mol. The highest BCUT2D eigenvalue weighted by Gasteiger charge is 1.93. The van der Waals surface area contributed by atoms with Gasteiger partial charge < -0.3 is 0 Å². The molecule has 2 rings (SSSR count). The molecule has 2 aromatic heterocycles. The van der Waals surface area contributed by atoms with Crippen molar-refractivity contribution < 1.29 is 0 Å². The molecule has 2 heterocycles. The maximum absolute atomic E-state index is 3.79. The highest BCUT2D eigenvalue weighted by molar-refractivity contribution is 5.23. The summed E-state index contributed by atoms with van der Waals surface area (Å²) in [6.07, 6.45) is 6.59. The fraction of sp³-hybridized carbons (Fsp3) is 0. The second-order valence-electron chi connectivity index (χ2n) is 1.95.